The lowest BCUT2D eigenvalue weighted by atomic mass is 10.7. The predicted octanol–water partition coefficient (Wildman–Crippen LogP) is -2.92. The molecule has 0 fully saturated rings. The fourth-order valence-corrected chi connectivity index (χ4v) is 0.194. The van der Waals surface area contributed by atoms with Crippen molar-refractivity contribution >= 4 is 5.97 Å². The molecule has 6 nitrogen and oxygen atoms in total. The van der Waals surface area contributed by atoms with Crippen LogP contribution < -0.4 is 5.73 Å². The van der Waals surface area contributed by atoms with Crippen molar-refractivity contribution in [3.8, 4) is 0 Å². The lowest BCUT2D eigenvalue weighted by Gasteiger charge is -2.12. The van der Waals surface area contributed by atoms with E-state index in [1.54, 1.807) is 0 Å². The van der Waals surface area contributed by atoms with Crippen molar-refractivity contribution in [2.75, 3.05) is 6.54 Å². The molecule has 0 saturated heterocycles. The Morgan fingerprint density at radius 1 is 1.56 bits per heavy atom. The first-order valence-corrected chi connectivity index (χ1v) is 2.04. The molecule has 0 radical (unpaired) electrons. The van der Waals surface area contributed by atoms with Crippen molar-refractivity contribution in [1.29, 1.82) is 0 Å². The van der Waals surface area contributed by atoms with Crippen LogP contribution in [0.25, 0.3) is 0 Å². The predicted molar refractivity (Wildman–Crippen MR) is 24.5 cm³/mol. The second-order valence-electron chi connectivity index (χ2n) is 1.25. The number of hydrogen-bond donors (Lipinski definition) is 4. The molecule has 9 heavy (non-hydrogen) atoms. The number of esters is 1. The number of aliphatic hydroxyl groups is 3. The molecule has 0 rings (SSSR count). The second-order valence-corrected chi connectivity index (χ2v) is 1.25. The molecule has 0 aliphatic rings. The Morgan fingerprint density at radius 2 is 2.00 bits per heavy atom. The van der Waals surface area contributed by atoms with Gasteiger partial charge in [0.25, 0.3) is 0 Å². The molecule has 0 saturated carbocycles. The van der Waals surface area contributed by atoms with Crippen LogP contribution in [-0.4, -0.2) is 34.0 Å². The zero-order valence-corrected chi connectivity index (χ0v) is 4.44. The smallest absolute Gasteiger partial charge is 0.383 e. The highest BCUT2D eigenvalue weighted by Crippen LogP contribution is 1.93. The van der Waals surface area contributed by atoms with Crippen LogP contribution in [-0.2, 0) is 9.53 Å². The Hall–Kier alpha value is -0.690. The van der Waals surface area contributed by atoms with Gasteiger partial charge in [-0.3, -0.25) is 4.79 Å². The van der Waals surface area contributed by atoms with Gasteiger partial charge in [-0.1, -0.05) is 0 Å². The van der Waals surface area contributed by atoms with Crippen LogP contribution in [0.4, 0.5) is 0 Å². The summed E-state index contributed by atoms with van der Waals surface area (Å²) < 4.78 is 3.49. The van der Waals surface area contributed by atoms with Crippen molar-refractivity contribution in [1.82, 2.24) is 0 Å². The first-order chi connectivity index (χ1) is 3.95. The number of nitrogens with two attached hydrogens (primary N) is 1. The summed E-state index contributed by atoms with van der Waals surface area (Å²) in [5, 5.41) is 23.8. The van der Waals surface area contributed by atoms with Gasteiger partial charge in [0.05, 0.1) is 6.54 Å². The summed E-state index contributed by atoms with van der Waals surface area (Å²) in [6.45, 7) is -0.524. The topological polar surface area (TPSA) is 113 Å². The van der Waals surface area contributed by atoms with Crippen molar-refractivity contribution < 1.29 is 24.9 Å². The molecule has 6 heteroatoms. The maximum Gasteiger partial charge on any atom is 0.455 e. The lowest BCUT2D eigenvalue weighted by molar-refractivity contribution is -0.435. The third kappa shape index (κ3) is 5.18. The minimum atomic E-state index is -3.41. The first kappa shape index (κ1) is 8.31. The molecule has 0 unspecified atom stereocenters. The lowest BCUT2D eigenvalue weighted by Crippen LogP contribution is -2.36. The Morgan fingerprint density at radius 3 is 2.11 bits per heavy atom. The van der Waals surface area contributed by atoms with Crippen molar-refractivity contribution in [2.24, 2.45) is 5.73 Å². The van der Waals surface area contributed by atoms with Gasteiger partial charge in [0.1, 0.15) is 0 Å². The summed E-state index contributed by atoms with van der Waals surface area (Å²) in [5.74, 6) is -1.11. The molecule has 0 aromatic heterocycles. The van der Waals surface area contributed by atoms with Crippen LogP contribution in [0, 0.1) is 0 Å². The Balaban J connectivity index is 3.60. The van der Waals surface area contributed by atoms with Gasteiger partial charge >= 0.3 is 12.1 Å². The van der Waals surface area contributed by atoms with Crippen molar-refractivity contribution in [2.45, 2.75) is 6.16 Å². The van der Waals surface area contributed by atoms with Crippen LogP contribution in [0.5, 0.6) is 0 Å². The van der Waals surface area contributed by atoms with E-state index in [2.05, 4.69) is 10.5 Å². The van der Waals surface area contributed by atoms with E-state index in [9.17, 15) is 4.79 Å². The van der Waals surface area contributed by atoms with Gasteiger partial charge in [-0.25, -0.2) is 0 Å². The third-order valence-corrected chi connectivity index (χ3v) is 0.417. The second kappa shape index (κ2) is 2.74. The fourth-order valence-electron chi connectivity index (χ4n) is 0.194. The average molecular weight is 137 g/mol. The molecular weight excluding hydrogens is 130 g/mol. The van der Waals surface area contributed by atoms with E-state index in [0.717, 1.165) is 0 Å². The zero-order valence-electron chi connectivity index (χ0n) is 4.44. The molecule has 0 aliphatic heterocycles. The Kier molecular flexibility index (Phi) is 2.53. The van der Waals surface area contributed by atoms with Crippen molar-refractivity contribution in [3.63, 3.8) is 0 Å². The van der Waals surface area contributed by atoms with Gasteiger partial charge in [0.15, 0.2) is 0 Å². The normalized spacial score (nSPS) is 11.1. The summed E-state index contributed by atoms with van der Waals surface area (Å²) in [4.78, 5) is 10.0. The van der Waals surface area contributed by atoms with Crippen LogP contribution in [0.2, 0.25) is 0 Å². The van der Waals surface area contributed by atoms with E-state index < -0.39 is 18.7 Å². The van der Waals surface area contributed by atoms with E-state index >= 15 is 0 Å². The third-order valence-electron chi connectivity index (χ3n) is 0.417. The van der Waals surface area contributed by atoms with Gasteiger partial charge in [-0.2, -0.15) is 0 Å². The number of rotatable bonds is 2. The molecule has 0 amide bonds. The fraction of sp³-hybridized carbons (Fsp3) is 0.667. The quantitative estimate of drug-likeness (QED) is 0.239. The molecule has 0 aliphatic carbocycles. The van der Waals surface area contributed by atoms with Gasteiger partial charge in [-0.15, -0.1) is 0 Å². The van der Waals surface area contributed by atoms with Gasteiger partial charge in [-0.05, 0) is 0 Å². The highest BCUT2D eigenvalue weighted by molar-refractivity contribution is 5.71. The summed E-state index contributed by atoms with van der Waals surface area (Å²) in [5.41, 5.74) is 4.67. The monoisotopic (exact) mass is 137 g/mol. The highest BCUT2D eigenvalue weighted by atomic mass is 16.9. The van der Waals surface area contributed by atoms with Crippen molar-refractivity contribution in [3.05, 3.63) is 0 Å². The summed E-state index contributed by atoms with van der Waals surface area (Å²) in [7, 11) is 0. The maximum atomic E-state index is 10.0. The largest absolute Gasteiger partial charge is 0.455 e. The molecule has 0 aromatic carbocycles. The molecule has 0 heterocycles. The molecular formula is C3H7NO5. The standard InChI is InChI=1S/C3H7NO5/c4-1-2(5)9-3(6,7)8/h6-8H,1,4H2. The van der Waals surface area contributed by atoms with Gasteiger partial charge in [0, 0.05) is 0 Å². The van der Waals surface area contributed by atoms with E-state index in [-0.39, 0.29) is 0 Å². The number of carbonyl (C=O) groups is 1. The number of hydrogen-bond acceptors (Lipinski definition) is 6. The van der Waals surface area contributed by atoms with Gasteiger partial charge < -0.3 is 25.8 Å². The number of carbonyl (C=O) groups excluding carboxylic acids is 1. The van der Waals surface area contributed by atoms with Crippen LogP contribution in [0.1, 0.15) is 0 Å². The van der Waals surface area contributed by atoms with E-state index in [1.807, 2.05) is 0 Å². The van der Waals surface area contributed by atoms with E-state index in [0.29, 0.717) is 0 Å². The summed E-state index contributed by atoms with van der Waals surface area (Å²) >= 11 is 0. The summed E-state index contributed by atoms with van der Waals surface area (Å²) in [6, 6.07) is 0. The maximum absolute atomic E-state index is 10.0. The molecule has 0 spiro atoms. The van der Waals surface area contributed by atoms with Crippen LogP contribution in [0.15, 0.2) is 0 Å². The zero-order chi connectivity index (χ0) is 7.49. The molecule has 5 N–H and O–H groups in total. The molecule has 0 aromatic rings. The first-order valence-electron chi connectivity index (χ1n) is 2.04. The Labute approximate surface area is 50.5 Å². The highest BCUT2D eigenvalue weighted by Gasteiger charge is 2.23. The molecule has 54 valence electrons. The van der Waals surface area contributed by atoms with Gasteiger partial charge in [0.2, 0.25) is 0 Å². The summed E-state index contributed by atoms with van der Waals surface area (Å²) in [6.07, 6.45) is -3.41. The molecule has 0 bridgehead atoms. The van der Waals surface area contributed by atoms with Crippen LogP contribution in [0.3, 0.4) is 0 Å². The van der Waals surface area contributed by atoms with Crippen LogP contribution >= 0.6 is 0 Å². The average Bonchev–Trinajstić information content (AvgIpc) is 1.62. The van der Waals surface area contributed by atoms with E-state index in [1.165, 1.54) is 0 Å². The minimum absolute atomic E-state index is 0.524. The number of ether oxygens (including phenoxy) is 1. The van der Waals surface area contributed by atoms with E-state index in [4.69, 9.17) is 15.3 Å². The SMILES string of the molecule is NCC(=O)OC(O)(O)O. The molecule has 0 atom stereocenters. The Bertz CT molecular complexity index is 105. The minimum Gasteiger partial charge on any atom is -0.383 e.